The van der Waals surface area contributed by atoms with E-state index in [0.717, 1.165) is 5.56 Å². The maximum absolute atomic E-state index is 11.7. The highest BCUT2D eigenvalue weighted by Gasteiger charge is 2.29. The van der Waals surface area contributed by atoms with Crippen molar-refractivity contribution < 1.29 is 19.4 Å². The summed E-state index contributed by atoms with van der Waals surface area (Å²) in [6, 6.07) is 8.89. The average Bonchev–Trinajstić information content (AvgIpc) is 2.42. The molecule has 1 amide bonds. The van der Waals surface area contributed by atoms with Crippen molar-refractivity contribution in [3.8, 4) is 0 Å². The van der Waals surface area contributed by atoms with Crippen molar-refractivity contribution in [3.05, 3.63) is 48.2 Å². The van der Waals surface area contributed by atoms with Crippen LogP contribution in [0.4, 0.5) is 4.79 Å². The number of aliphatic hydroxyl groups excluding tert-OH is 1. The minimum Gasteiger partial charge on any atom is -0.496 e. The zero-order valence-corrected chi connectivity index (χ0v) is 10.7. The van der Waals surface area contributed by atoms with Gasteiger partial charge in [0.15, 0.2) is 0 Å². The third-order valence-electron chi connectivity index (χ3n) is 2.94. The summed E-state index contributed by atoms with van der Waals surface area (Å²) in [5.74, 6) is 0. The van der Waals surface area contributed by atoms with Crippen molar-refractivity contribution in [3.63, 3.8) is 0 Å². The molecule has 1 aliphatic rings. The molecule has 1 aliphatic heterocycles. The van der Waals surface area contributed by atoms with Crippen molar-refractivity contribution in [2.75, 3.05) is 0 Å². The van der Waals surface area contributed by atoms with E-state index in [1.54, 1.807) is 6.92 Å². The van der Waals surface area contributed by atoms with Gasteiger partial charge in [0.25, 0.3) is 0 Å². The van der Waals surface area contributed by atoms with Crippen LogP contribution in [-0.2, 0) is 16.1 Å². The van der Waals surface area contributed by atoms with Crippen molar-refractivity contribution in [1.82, 2.24) is 5.32 Å². The Hall–Kier alpha value is -2.01. The van der Waals surface area contributed by atoms with Gasteiger partial charge >= 0.3 is 6.09 Å². The van der Waals surface area contributed by atoms with Gasteiger partial charge in [-0.3, -0.25) is 0 Å². The molecular weight excluding hydrogens is 246 g/mol. The quantitative estimate of drug-likeness (QED) is 0.868. The van der Waals surface area contributed by atoms with Crippen LogP contribution in [0.3, 0.4) is 0 Å². The number of aliphatic hydroxyl groups is 1. The number of hydrogen-bond acceptors (Lipinski definition) is 4. The number of carbonyl (C=O) groups is 1. The van der Waals surface area contributed by atoms with Crippen molar-refractivity contribution >= 4 is 6.09 Å². The summed E-state index contributed by atoms with van der Waals surface area (Å²) in [4.78, 5) is 11.7. The van der Waals surface area contributed by atoms with E-state index in [1.165, 1.54) is 12.3 Å². The summed E-state index contributed by atoms with van der Waals surface area (Å²) in [6.07, 6.45) is 1.28. The first kappa shape index (κ1) is 13.4. The van der Waals surface area contributed by atoms with Crippen LogP contribution in [-0.4, -0.2) is 29.4 Å². The van der Waals surface area contributed by atoms with Crippen molar-refractivity contribution in [2.24, 2.45) is 0 Å². The SMILES string of the molecule is C[C@H]1OC=C[C@@H](O)[C@H]1NC(=O)OCc1ccccc1. The highest BCUT2D eigenvalue weighted by Crippen LogP contribution is 2.12. The van der Waals surface area contributed by atoms with Crippen molar-refractivity contribution in [2.45, 2.75) is 31.8 Å². The third-order valence-corrected chi connectivity index (χ3v) is 2.94. The van der Waals surface area contributed by atoms with E-state index in [0.29, 0.717) is 0 Å². The number of benzene rings is 1. The minimum atomic E-state index is -0.770. The number of ether oxygens (including phenoxy) is 2. The number of rotatable bonds is 3. The third kappa shape index (κ3) is 3.72. The Balaban J connectivity index is 1.82. The molecule has 1 heterocycles. The summed E-state index contributed by atoms with van der Waals surface area (Å²) in [7, 11) is 0. The number of nitrogens with one attached hydrogen (secondary N) is 1. The van der Waals surface area contributed by atoms with Gasteiger partial charge in [-0.05, 0) is 18.6 Å². The molecule has 1 aromatic carbocycles. The number of carbonyl (C=O) groups excluding carboxylic acids is 1. The monoisotopic (exact) mass is 263 g/mol. The van der Waals surface area contributed by atoms with E-state index >= 15 is 0 Å². The zero-order valence-electron chi connectivity index (χ0n) is 10.7. The molecule has 0 unspecified atom stereocenters. The lowest BCUT2D eigenvalue weighted by atomic mass is 10.0. The minimum absolute atomic E-state index is 0.195. The fourth-order valence-corrected chi connectivity index (χ4v) is 1.84. The summed E-state index contributed by atoms with van der Waals surface area (Å²) in [5.41, 5.74) is 0.908. The van der Waals surface area contributed by atoms with Crippen LogP contribution in [0.2, 0.25) is 0 Å². The lowest BCUT2D eigenvalue weighted by molar-refractivity contribution is 0.0326. The molecule has 2 N–H and O–H groups in total. The summed E-state index contributed by atoms with van der Waals surface area (Å²) in [5, 5.41) is 12.3. The Morgan fingerprint density at radius 1 is 1.42 bits per heavy atom. The Kier molecular flexibility index (Phi) is 4.41. The molecule has 0 fully saturated rings. The largest absolute Gasteiger partial charge is 0.496 e. The van der Waals surface area contributed by atoms with Gasteiger partial charge in [0.05, 0.1) is 18.4 Å². The Bertz CT molecular complexity index is 446. The summed E-state index contributed by atoms with van der Waals surface area (Å²) in [6.45, 7) is 1.97. The van der Waals surface area contributed by atoms with Crippen LogP contribution < -0.4 is 5.32 Å². The lowest BCUT2D eigenvalue weighted by Gasteiger charge is -2.30. The average molecular weight is 263 g/mol. The molecule has 0 saturated carbocycles. The predicted octanol–water partition coefficient (Wildman–Crippen LogP) is 1.57. The molecule has 5 nitrogen and oxygen atoms in total. The van der Waals surface area contributed by atoms with Gasteiger partial charge < -0.3 is 19.9 Å². The molecule has 5 heteroatoms. The molecule has 0 saturated heterocycles. The number of hydrogen-bond donors (Lipinski definition) is 2. The second kappa shape index (κ2) is 6.24. The summed E-state index contributed by atoms with van der Waals surface area (Å²) < 4.78 is 10.3. The Morgan fingerprint density at radius 3 is 2.84 bits per heavy atom. The van der Waals surface area contributed by atoms with Crippen LogP contribution in [0.15, 0.2) is 42.7 Å². The van der Waals surface area contributed by atoms with Gasteiger partial charge in [0.1, 0.15) is 12.7 Å². The van der Waals surface area contributed by atoms with Gasteiger partial charge in [-0.2, -0.15) is 0 Å². The Morgan fingerprint density at radius 2 is 2.16 bits per heavy atom. The van der Waals surface area contributed by atoms with Gasteiger partial charge in [-0.15, -0.1) is 0 Å². The van der Waals surface area contributed by atoms with E-state index in [9.17, 15) is 9.90 Å². The molecule has 0 aliphatic carbocycles. The van der Waals surface area contributed by atoms with Crippen LogP contribution >= 0.6 is 0 Å². The molecule has 1 aromatic rings. The van der Waals surface area contributed by atoms with E-state index < -0.39 is 18.2 Å². The second-order valence-corrected chi connectivity index (χ2v) is 4.39. The maximum Gasteiger partial charge on any atom is 0.407 e. The second-order valence-electron chi connectivity index (χ2n) is 4.39. The highest BCUT2D eigenvalue weighted by atomic mass is 16.5. The topological polar surface area (TPSA) is 67.8 Å². The fourth-order valence-electron chi connectivity index (χ4n) is 1.84. The molecule has 102 valence electrons. The standard InChI is InChI=1S/C14H17NO4/c1-10-13(12(16)7-8-18-10)15-14(17)19-9-11-5-3-2-4-6-11/h2-8,10,12-13,16H,9H2,1H3,(H,15,17)/t10-,12-,13+/m1/s1. The molecule has 3 atom stereocenters. The van der Waals surface area contributed by atoms with E-state index in [4.69, 9.17) is 9.47 Å². The molecule has 19 heavy (non-hydrogen) atoms. The number of amides is 1. The smallest absolute Gasteiger partial charge is 0.407 e. The maximum atomic E-state index is 11.7. The number of alkyl carbamates (subject to hydrolysis) is 1. The van der Waals surface area contributed by atoms with Crippen LogP contribution in [0.1, 0.15) is 12.5 Å². The van der Waals surface area contributed by atoms with E-state index in [1.807, 2.05) is 30.3 Å². The van der Waals surface area contributed by atoms with Gasteiger partial charge in [-0.25, -0.2) is 4.79 Å². The van der Waals surface area contributed by atoms with Gasteiger partial charge in [0.2, 0.25) is 0 Å². The van der Waals surface area contributed by atoms with E-state index in [-0.39, 0.29) is 12.7 Å². The molecular formula is C14H17NO4. The first-order valence-electron chi connectivity index (χ1n) is 6.14. The Labute approximate surface area is 111 Å². The molecule has 0 radical (unpaired) electrons. The van der Waals surface area contributed by atoms with Gasteiger partial charge in [0, 0.05) is 0 Å². The fraction of sp³-hybridized carbons (Fsp3) is 0.357. The first-order chi connectivity index (χ1) is 9.16. The lowest BCUT2D eigenvalue weighted by Crippen LogP contribution is -2.51. The van der Waals surface area contributed by atoms with Crippen LogP contribution in [0.25, 0.3) is 0 Å². The summed E-state index contributed by atoms with van der Waals surface area (Å²) >= 11 is 0. The molecule has 0 aromatic heterocycles. The van der Waals surface area contributed by atoms with E-state index in [2.05, 4.69) is 5.32 Å². The predicted molar refractivity (Wildman–Crippen MR) is 69.2 cm³/mol. The van der Waals surface area contributed by atoms with Gasteiger partial charge in [-0.1, -0.05) is 30.3 Å². The normalized spacial score (nSPS) is 25.5. The van der Waals surface area contributed by atoms with Crippen LogP contribution in [0.5, 0.6) is 0 Å². The molecule has 0 spiro atoms. The van der Waals surface area contributed by atoms with Crippen molar-refractivity contribution in [1.29, 1.82) is 0 Å². The molecule has 2 rings (SSSR count). The zero-order chi connectivity index (χ0) is 13.7. The first-order valence-corrected chi connectivity index (χ1v) is 6.14. The highest BCUT2D eigenvalue weighted by molar-refractivity contribution is 5.67. The van der Waals surface area contributed by atoms with Crippen LogP contribution in [0, 0.1) is 0 Å². The molecule has 0 bridgehead atoms.